The molecule has 0 heterocycles. The third-order valence-electron chi connectivity index (χ3n) is 5.88. The van der Waals surface area contributed by atoms with Gasteiger partial charge < -0.3 is 5.32 Å². The molecule has 1 nitrogen and oxygen atoms in total. The second-order valence-electron chi connectivity index (χ2n) is 8.07. The predicted octanol–water partition coefficient (Wildman–Crippen LogP) is 4.37. The van der Waals surface area contributed by atoms with Crippen LogP contribution < -0.4 is 5.32 Å². The van der Waals surface area contributed by atoms with Crippen molar-refractivity contribution < 1.29 is 0 Å². The Kier molecular flexibility index (Phi) is 2.79. The predicted molar refractivity (Wildman–Crippen MR) is 84.1 cm³/mol. The van der Waals surface area contributed by atoms with Crippen molar-refractivity contribution in [2.75, 3.05) is 6.54 Å². The van der Waals surface area contributed by atoms with E-state index >= 15 is 0 Å². The summed E-state index contributed by atoms with van der Waals surface area (Å²) in [5.74, 6) is 0.640. The van der Waals surface area contributed by atoms with Gasteiger partial charge in [-0.1, -0.05) is 38.1 Å². The zero-order valence-electron chi connectivity index (χ0n) is 12.9. The summed E-state index contributed by atoms with van der Waals surface area (Å²) in [6, 6.07) is 10.4. The molecule has 1 heteroatoms. The molecule has 1 spiro atoms. The summed E-state index contributed by atoms with van der Waals surface area (Å²) in [6.07, 6.45) is 8.63. The minimum atomic E-state index is 0.453. The van der Waals surface area contributed by atoms with E-state index in [1.54, 1.807) is 5.56 Å². The van der Waals surface area contributed by atoms with E-state index in [1.165, 1.54) is 50.6 Å². The second kappa shape index (κ2) is 4.34. The number of rotatable bonds is 5. The number of nitrogens with one attached hydrogen (secondary N) is 1. The van der Waals surface area contributed by atoms with Crippen LogP contribution in [0.25, 0.3) is 0 Å². The molecule has 3 fully saturated rings. The molecule has 4 rings (SSSR count). The number of hydrogen-bond donors (Lipinski definition) is 1. The Morgan fingerprint density at radius 1 is 1.10 bits per heavy atom. The van der Waals surface area contributed by atoms with E-state index in [0.717, 1.165) is 11.5 Å². The average molecular weight is 269 g/mol. The number of benzene rings is 1. The van der Waals surface area contributed by atoms with Crippen LogP contribution in [-0.2, 0) is 5.41 Å². The van der Waals surface area contributed by atoms with Gasteiger partial charge in [-0.2, -0.15) is 0 Å². The van der Waals surface area contributed by atoms with Gasteiger partial charge in [-0.15, -0.1) is 0 Å². The summed E-state index contributed by atoms with van der Waals surface area (Å²) in [6.45, 7) is 5.77. The van der Waals surface area contributed by atoms with Gasteiger partial charge in [0.2, 0.25) is 0 Å². The molecule has 1 aromatic rings. The zero-order valence-corrected chi connectivity index (χ0v) is 12.9. The van der Waals surface area contributed by atoms with Gasteiger partial charge in [-0.3, -0.25) is 0 Å². The smallest absolute Gasteiger partial charge is 0.00884 e. The van der Waals surface area contributed by atoms with Crippen LogP contribution in [0.1, 0.15) is 69.4 Å². The van der Waals surface area contributed by atoms with E-state index in [-0.39, 0.29) is 0 Å². The highest BCUT2D eigenvalue weighted by Crippen LogP contribution is 2.68. The lowest BCUT2D eigenvalue weighted by atomic mass is 9.56. The largest absolute Gasteiger partial charge is 0.313 e. The maximum absolute atomic E-state index is 3.80. The van der Waals surface area contributed by atoms with Crippen molar-refractivity contribution in [2.24, 2.45) is 5.41 Å². The van der Waals surface area contributed by atoms with Crippen molar-refractivity contribution in [2.45, 2.75) is 69.7 Å². The van der Waals surface area contributed by atoms with Crippen LogP contribution in [0.5, 0.6) is 0 Å². The lowest BCUT2D eigenvalue weighted by Gasteiger charge is -2.50. The lowest BCUT2D eigenvalue weighted by Crippen LogP contribution is -2.50. The van der Waals surface area contributed by atoms with Crippen molar-refractivity contribution in [1.82, 2.24) is 5.32 Å². The Labute approximate surface area is 123 Å². The molecule has 1 N–H and O–H groups in total. The highest BCUT2D eigenvalue weighted by molar-refractivity contribution is 5.36. The third kappa shape index (κ3) is 2.20. The maximum atomic E-state index is 3.80. The first-order valence-electron chi connectivity index (χ1n) is 8.45. The van der Waals surface area contributed by atoms with Crippen LogP contribution in [-0.4, -0.2) is 12.6 Å². The first-order valence-corrected chi connectivity index (χ1v) is 8.45. The van der Waals surface area contributed by atoms with Crippen LogP contribution in [0.2, 0.25) is 0 Å². The first-order chi connectivity index (χ1) is 9.61. The fourth-order valence-corrected chi connectivity index (χ4v) is 4.19. The van der Waals surface area contributed by atoms with E-state index in [0.29, 0.717) is 11.3 Å². The molecular formula is C19H27N. The minimum absolute atomic E-state index is 0.453. The molecular weight excluding hydrogens is 242 g/mol. The molecule has 3 aliphatic carbocycles. The topological polar surface area (TPSA) is 12.0 Å². The fourth-order valence-electron chi connectivity index (χ4n) is 4.19. The van der Waals surface area contributed by atoms with Gasteiger partial charge in [0, 0.05) is 18.0 Å². The van der Waals surface area contributed by atoms with Gasteiger partial charge in [-0.25, -0.2) is 0 Å². The third-order valence-corrected chi connectivity index (χ3v) is 5.88. The van der Waals surface area contributed by atoms with Gasteiger partial charge in [0.15, 0.2) is 0 Å². The van der Waals surface area contributed by atoms with E-state index in [1.807, 2.05) is 0 Å². The SMILES string of the molecule is CC(C)c1ccc(C2(CNC3CC3)CC3(CC3)C2)cc1. The number of hydrogen-bond acceptors (Lipinski definition) is 1. The van der Waals surface area contributed by atoms with Crippen LogP contribution in [0.3, 0.4) is 0 Å². The summed E-state index contributed by atoms with van der Waals surface area (Å²) >= 11 is 0. The van der Waals surface area contributed by atoms with E-state index in [9.17, 15) is 0 Å². The molecule has 0 radical (unpaired) electrons. The van der Waals surface area contributed by atoms with Crippen LogP contribution in [0.15, 0.2) is 24.3 Å². The molecule has 0 bridgehead atoms. The molecule has 0 aliphatic heterocycles. The Bertz CT molecular complexity index is 483. The Morgan fingerprint density at radius 2 is 1.75 bits per heavy atom. The van der Waals surface area contributed by atoms with E-state index in [2.05, 4.69) is 43.4 Å². The van der Waals surface area contributed by atoms with Crippen molar-refractivity contribution in [1.29, 1.82) is 0 Å². The minimum Gasteiger partial charge on any atom is -0.313 e. The van der Waals surface area contributed by atoms with Crippen LogP contribution in [0, 0.1) is 5.41 Å². The van der Waals surface area contributed by atoms with Gasteiger partial charge in [-0.05, 0) is 61.0 Å². The molecule has 1 aromatic carbocycles. The summed E-state index contributed by atoms with van der Waals surface area (Å²) < 4.78 is 0. The molecule has 0 amide bonds. The Morgan fingerprint density at radius 3 is 2.25 bits per heavy atom. The average Bonchev–Trinajstić information content (AvgIpc) is 3.29. The lowest BCUT2D eigenvalue weighted by molar-refractivity contribution is 0.116. The summed E-state index contributed by atoms with van der Waals surface area (Å²) in [5, 5.41) is 3.80. The maximum Gasteiger partial charge on any atom is 0.00884 e. The standard InChI is InChI=1S/C19H27N/c1-14(2)15-3-5-16(6-4-15)19(13-20-17-7-8-17)11-18(12-19)9-10-18/h3-6,14,17,20H,7-13H2,1-2H3. The van der Waals surface area contributed by atoms with E-state index in [4.69, 9.17) is 0 Å². The van der Waals surface area contributed by atoms with E-state index < -0.39 is 0 Å². The summed E-state index contributed by atoms with van der Waals surface area (Å²) in [5.41, 5.74) is 4.28. The molecule has 3 aliphatic rings. The highest BCUT2D eigenvalue weighted by Gasteiger charge is 2.61. The van der Waals surface area contributed by atoms with Gasteiger partial charge in [0.05, 0.1) is 0 Å². The summed E-state index contributed by atoms with van der Waals surface area (Å²) in [7, 11) is 0. The molecule has 108 valence electrons. The molecule has 0 atom stereocenters. The monoisotopic (exact) mass is 269 g/mol. The van der Waals surface area contributed by atoms with Crippen molar-refractivity contribution in [3.05, 3.63) is 35.4 Å². The van der Waals surface area contributed by atoms with Crippen molar-refractivity contribution >= 4 is 0 Å². The van der Waals surface area contributed by atoms with Crippen molar-refractivity contribution in [3.8, 4) is 0 Å². The van der Waals surface area contributed by atoms with Crippen LogP contribution >= 0.6 is 0 Å². The highest BCUT2D eigenvalue weighted by atomic mass is 15.0. The van der Waals surface area contributed by atoms with Gasteiger partial charge in [0.25, 0.3) is 0 Å². The van der Waals surface area contributed by atoms with Gasteiger partial charge in [0.1, 0.15) is 0 Å². The molecule has 20 heavy (non-hydrogen) atoms. The van der Waals surface area contributed by atoms with Crippen LogP contribution in [0.4, 0.5) is 0 Å². The molecule has 0 aromatic heterocycles. The molecule has 0 unspecified atom stereocenters. The Hall–Kier alpha value is -0.820. The second-order valence-corrected chi connectivity index (χ2v) is 8.07. The molecule has 3 saturated carbocycles. The zero-order chi connectivity index (χ0) is 13.8. The van der Waals surface area contributed by atoms with Crippen molar-refractivity contribution in [3.63, 3.8) is 0 Å². The quantitative estimate of drug-likeness (QED) is 0.836. The normalized spacial score (nSPS) is 25.8. The summed E-state index contributed by atoms with van der Waals surface area (Å²) in [4.78, 5) is 0. The fraction of sp³-hybridized carbons (Fsp3) is 0.684. The Balaban J connectivity index is 1.53. The molecule has 0 saturated heterocycles. The van der Waals surface area contributed by atoms with Gasteiger partial charge >= 0.3 is 0 Å². The first kappa shape index (κ1) is 12.9.